The molecule has 0 N–H and O–H groups in total. The highest BCUT2D eigenvalue weighted by Gasteiger charge is 2.46. The van der Waals surface area contributed by atoms with Crippen LogP contribution in [-0.4, -0.2) is 14.4 Å². The van der Waals surface area contributed by atoms with E-state index in [0.29, 0.717) is 16.5 Å². The lowest BCUT2D eigenvalue weighted by Crippen LogP contribution is -2.49. The van der Waals surface area contributed by atoms with Gasteiger partial charge in [0.25, 0.3) is 0 Å². The molecule has 0 aromatic rings. The topological polar surface area (TPSA) is 9.23 Å². The maximum Gasteiger partial charge on any atom is 0.236 e. The molecule has 1 aliphatic carbocycles. The SMILES string of the molecule is C=C(Br)[Si](OC1C=C(C)CC(C)(C)C1)(C(C)C)C(C)C. The molecule has 0 aromatic heterocycles. The minimum Gasteiger partial charge on any atom is -0.405 e. The Morgan fingerprint density at radius 3 is 2.20 bits per heavy atom. The molecule has 0 fully saturated rings. The van der Waals surface area contributed by atoms with Crippen molar-refractivity contribution >= 4 is 24.2 Å². The van der Waals surface area contributed by atoms with E-state index in [0.717, 1.165) is 10.5 Å². The maximum absolute atomic E-state index is 6.79. The quantitative estimate of drug-likeness (QED) is 0.410. The smallest absolute Gasteiger partial charge is 0.236 e. The molecular weight excluding hydrogens is 328 g/mol. The summed E-state index contributed by atoms with van der Waals surface area (Å²) in [6, 6.07) is 0. The highest BCUT2D eigenvalue weighted by Crippen LogP contribution is 2.45. The van der Waals surface area contributed by atoms with Crippen molar-refractivity contribution < 1.29 is 4.43 Å². The predicted octanol–water partition coefficient (Wildman–Crippen LogP) is 6.35. The molecule has 1 unspecified atom stereocenters. The third-order valence-electron chi connectivity index (χ3n) is 4.47. The zero-order valence-corrected chi connectivity index (χ0v) is 16.8. The molecule has 0 aromatic carbocycles. The van der Waals surface area contributed by atoms with E-state index in [9.17, 15) is 0 Å². The van der Waals surface area contributed by atoms with Crippen LogP contribution in [0.15, 0.2) is 22.3 Å². The Balaban J connectivity index is 3.08. The van der Waals surface area contributed by atoms with E-state index in [1.165, 1.54) is 12.0 Å². The number of hydrogen-bond donors (Lipinski definition) is 0. The molecule has 1 rings (SSSR count). The monoisotopic (exact) mass is 358 g/mol. The lowest BCUT2D eigenvalue weighted by atomic mass is 9.77. The molecule has 0 saturated heterocycles. The number of allylic oxidation sites excluding steroid dienone is 1. The van der Waals surface area contributed by atoms with Gasteiger partial charge in [-0.2, -0.15) is 0 Å². The summed E-state index contributed by atoms with van der Waals surface area (Å²) in [4.78, 5) is 0. The Morgan fingerprint density at radius 2 is 1.85 bits per heavy atom. The van der Waals surface area contributed by atoms with Crippen LogP contribution in [0.1, 0.15) is 61.3 Å². The van der Waals surface area contributed by atoms with Gasteiger partial charge in [-0.1, -0.05) is 75.7 Å². The molecule has 0 spiro atoms. The second-order valence-electron chi connectivity index (χ2n) is 7.72. The summed E-state index contributed by atoms with van der Waals surface area (Å²) in [7, 11) is -2.03. The van der Waals surface area contributed by atoms with Crippen molar-refractivity contribution in [3.63, 3.8) is 0 Å². The first-order valence-corrected chi connectivity index (χ1v) is 10.6. The number of rotatable bonds is 5. The van der Waals surface area contributed by atoms with Crippen molar-refractivity contribution in [2.24, 2.45) is 5.41 Å². The zero-order chi connectivity index (χ0) is 15.7. The van der Waals surface area contributed by atoms with E-state index in [1.54, 1.807) is 0 Å². The third kappa shape index (κ3) is 3.86. The van der Waals surface area contributed by atoms with Gasteiger partial charge in [-0.05, 0) is 36.3 Å². The lowest BCUT2D eigenvalue weighted by Gasteiger charge is -2.44. The van der Waals surface area contributed by atoms with Crippen molar-refractivity contribution in [3.8, 4) is 0 Å². The first-order valence-electron chi connectivity index (χ1n) is 7.71. The van der Waals surface area contributed by atoms with Gasteiger partial charge in [0.1, 0.15) is 0 Å². The van der Waals surface area contributed by atoms with E-state index < -0.39 is 8.32 Å². The Kier molecular flexibility index (Phi) is 5.90. The van der Waals surface area contributed by atoms with Gasteiger partial charge in [-0.15, -0.1) is 0 Å². The maximum atomic E-state index is 6.79. The summed E-state index contributed by atoms with van der Waals surface area (Å²) in [5.74, 6) is 0. The lowest BCUT2D eigenvalue weighted by molar-refractivity contribution is 0.146. The molecule has 0 saturated carbocycles. The fraction of sp³-hybridized carbons (Fsp3) is 0.765. The minimum absolute atomic E-state index is 0.240. The summed E-state index contributed by atoms with van der Waals surface area (Å²) in [6.45, 7) is 20.3. The Hall–Kier alpha value is 0.137. The van der Waals surface area contributed by atoms with Gasteiger partial charge in [0.05, 0.1) is 6.10 Å². The molecule has 3 heteroatoms. The average molecular weight is 359 g/mol. The van der Waals surface area contributed by atoms with E-state index in [4.69, 9.17) is 4.43 Å². The molecule has 0 amide bonds. The first-order chi connectivity index (χ1) is 9.01. The van der Waals surface area contributed by atoms with E-state index in [-0.39, 0.29) is 6.10 Å². The molecule has 1 atom stereocenters. The van der Waals surface area contributed by atoms with Crippen molar-refractivity contribution in [3.05, 3.63) is 22.3 Å². The minimum atomic E-state index is -2.03. The fourth-order valence-corrected chi connectivity index (χ4v) is 10.7. The van der Waals surface area contributed by atoms with Crippen LogP contribution in [0.3, 0.4) is 0 Å². The van der Waals surface area contributed by atoms with Gasteiger partial charge in [-0.3, -0.25) is 0 Å². The molecule has 116 valence electrons. The Bertz CT molecular complexity index is 388. The van der Waals surface area contributed by atoms with Crippen LogP contribution >= 0.6 is 15.9 Å². The van der Waals surface area contributed by atoms with Gasteiger partial charge in [0.2, 0.25) is 8.32 Å². The molecule has 20 heavy (non-hydrogen) atoms. The number of halogens is 1. The molecule has 0 bridgehead atoms. The van der Waals surface area contributed by atoms with Crippen molar-refractivity contribution in [1.29, 1.82) is 0 Å². The molecule has 1 nitrogen and oxygen atoms in total. The van der Waals surface area contributed by atoms with Gasteiger partial charge in [-0.25, -0.2) is 0 Å². The summed E-state index contributed by atoms with van der Waals surface area (Å²) >= 11 is 3.69. The standard InChI is InChI=1S/C17H31BrOSi/c1-12(2)20(13(3)4,15(6)18)19-16-9-14(5)10-17(7,8)11-16/h9,12-13,16H,6,10-11H2,1-5,7-8H3. The first kappa shape index (κ1) is 18.2. The number of hydrogen-bond acceptors (Lipinski definition) is 1. The van der Waals surface area contributed by atoms with Gasteiger partial charge >= 0.3 is 0 Å². The summed E-state index contributed by atoms with van der Waals surface area (Å²) in [5, 5.41) is 0. The van der Waals surface area contributed by atoms with Crippen LogP contribution in [0, 0.1) is 5.41 Å². The zero-order valence-electron chi connectivity index (χ0n) is 14.2. The van der Waals surface area contributed by atoms with Gasteiger partial charge in [0.15, 0.2) is 0 Å². The van der Waals surface area contributed by atoms with Crippen LogP contribution in [-0.2, 0) is 4.43 Å². The fourth-order valence-electron chi connectivity index (χ4n) is 3.76. The Labute approximate surface area is 135 Å². The van der Waals surface area contributed by atoms with Crippen molar-refractivity contribution in [1.82, 2.24) is 0 Å². The molecular formula is C17H31BrOSi. The van der Waals surface area contributed by atoms with Crippen molar-refractivity contribution in [2.45, 2.75) is 78.5 Å². The molecule has 0 radical (unpaired) electrons. The summed E-state index contributed by atoms with van der Waals surface area (Å²) in [6.07, 6.45) is 4.87. The molecule has 1 aliphatic rings. The molecule has 0 aliphatic heterocycles. The van der Waals surface area contributed by atoms with E-state index >= 15 is 0 Å². The van der Waals surface area contributed by atoms with Crippen LogP contribution in [0.25, 0.3) is 0 Å². The highest BCUT2D eigenvalue weighted by molar-refractivity contribution is 9.12. The summed E-state index contributed by atoms with van der Waals surface area (Å²) < 4.78 is 7.89. The predicted molar refractivity (Wildman–Crippen MR) is 95.7 cm³/mol. The second kappa shape index (κ2) is 6.49. The molecule has 0 heterocycles. The van der Waals surface area contributed by atoms with Crippen molar-refractivity contribution in [2.75, 3.05) is 0 Å². The van der Waals surface area contributed by atoms with Crippen LogP contribution < -0.4 is 0 Å². The Morgan fingerprint density at radius 1 is 1.35 bits per heavy atom. The average Bonchev–Trinajstić information content (AvgIpc) is 2.21. The third-order valence-corrected chi connectivity index (χ3v) is 11.3. The van der Waals surface area contributed by atoms with Crippen LogP contribution in [0.2, 0.25) is 11.1 Å². The summed E-state index contributed by atoms with van der Waals surface area (Å²) in [5.41, 5.74) is 2.84. The van der Waals surface area contributed by atoms with E-state index in [1.807, 2.05) is 0 Å². The van der Waals surface area contributed by atoms with Gasteiger partial charge in [0, 0.05) is 4.11 Å². The van der Waals surface area contributed by atoms with Gasteiger partial charge < -0.3 is 4.43 Å². The highest BCUT2D eigenvalue weighted by atomic mass is 79.9. The normalized spacial score (nSPS) is 23.1. The largest absolute Gasteiger partial charge is 0.405 e. The van der Waals surface area contributed by atoms with E-state index in [2.05, 4.69) is 77.1 Å². The second-order valence-corrected chi connectivity index (χ2v) is 14.1. The van der Waals surface area contributed by atoms with Crippen LogP contribution in [0.4, 0.5) is 0 Å². The van der Waals surface area contributed by atoms with Crippen LogP contribution in [0.5, 0.6) is 0 Å².